The third-order valence-corrected chi connectivity index (χ3v) is 15.3. The third kappa shape index (κ3) is 7.81. The van der Waals surface area contributed by atoms with Gasteiger partial charge in [-0.3, -0.25) is 0 Å². The molecule has 0 heterocycles. The zero-order valence-corrected chi connectivity index (χ0v) is 26.3. The van der Waals surface area contributed by atoms with E-state index in [1.807, 2.05) is 6.26 Å². The Labute approximate surface area is 255 Å². The maximum Gasteiger partial charge on any atom is 0.438 e. The summed E-state index contributed by atoms with van der Waals surface area (Å²) in [7, 11) is -1.95. The van der Waals surface area contributed by atoms with Gasteiger partial charge in [-0.2, -0.15) is 26.3 Å². The summed E-state index contributed by atoms with van der Waals surface area (Å²) < 4.78 is 79.8. The van der Waals surface area contributed by atoms with Crippen LogP contribution in [0.3, 0.4) is 0 Å². The van der Waals surface area contributed by atoms with E-state index in [4.69, 9.17) is 0 Å². The van der Waals surface area contributed by atoms with E-state index in [1.165, 1.54) is 17.1 Å². The third-order valence-electron chi connectivity index (χ3n) is 10.5. The average molecular weight is 643 g/mol. The zero-order chi connectivity index (χ0) is 31.8. The summed E-state index contributed by atoms with van der Waals surface area (Å²) in [5.74, 6) is 4.05. The topological polar surface area (TPSA) is 60.7 Å². The monoisotopic (exact) mass is 642 g/mol. The van der Waals surface area contributed by atoms with Crippen LogP contribution in [-0.4, -0.2) is 67.5 Å². The highest BCUT2D eigenvalue weighted by Gasteiger charge is 2.70. The lowest BCUT2D eigenvalue weighted by Gasteiger charge is -2.59. The Morgan fingerprint density at radius 3 is 2.14 bits per heavy atom. The SMILES string of the molecule is C.CC(C)(O)CCCS(C)(CC#CC(O)(C(F)(F)F)C(F)(F)F)C1(C)CCC2/C(=C/C=C3/CCC[C@H](O)C3)CCC[C@@]21C. The van der Waals surface area contributed by atoms with Crippen molar-refractivity contribution in [3.63, 3.8) is 0 Å². The smallest absolute Gasteiger partial charge is 0.393 e. The molecular weight excluding hydrogens is 590 g/mol. The summed E-state index contributed by atoms with van der Waals surface area (Å²) in [6.45, 7) is 7.73. The van der Waals surface area contributed by atoms with Gasteiger partial charge in [-0.05, 0) is 114 Å². The molecule has 0 saturated heterocycles. The van der Waals surface area contributed by atoms with Crippen LogP contribution >= 0.6 is 10.0 Å². The van der Waals surface area contributed by atoms with E-state index in [0.717, 1.165) is 51.4 Å². The number of aliphatic hydroxyl groups is 3. The molecule has 0 spiro atoms. The van der Waals surface area contributed by atoms with E-state index in [1.54, 1.807) is 13.8 Å². The van der Waals surface area contributed by atoms with E-state index in [-0.39, 0.29) is 35.4 Å². The van der Waals surface area contributed by atoms with Gasteiger partial charge >= 0.3 is 18.0 Å². The molecule has 3 unspecified atom stereocenters. The average Bonchev–Trinajstić information content (AvgIpc) is 3.13. The van der Waals surface area contributed by atoms with Crippen molar-refractivity contribution in [2.45, 2.75) is 140 Å². The highest BCUT2D eigenvalue weighted by molar-refractivity contribution is 8.34. The Hall–Kier alpha value is -1.15. The van der Waals surface area contributed by atoms with Gasteiger partial charge in [0.05, 0.1) is 11.7 Å². The first-order chi connectivity index (χ1) is 19.1. The minimum Gasteiger partial charge on any atom is -0.393 e. The van der Waals surface area contributed by atoms with Crippen LogP contribution in [0.5, 0.6) is 0 Å². The second-order valence-corrected chi connectivity index (χ2v) is 18.1. The number of rotatable bonds is 7. The van der Waals surface area contributed by atoms with Crippen LogP contribution in [0.1, 0.15) is 106 Å². The number of aliphatic hydroxyl groups excluding tert-OH is 1. The first kappa shape index (κ1) is 38.0. The van der Waals surface area contributed by atoms with Gasteiger partial charge in [0.25, 0.3) is 0 Å². The summed E-state index contributed by atoms with van der Waals surface area (Å²) in [5, 5.41) is 30.1. The van der Waals surface area contributed by atoms with Crippen molar-refractivity contribution in [2.75, 3.05) is 17.8 Å². The molecule has 3 rings (SSSR count). The molecule has 0 radical (unpaired) electrons. The van der Waals surface area contributed by atoms with Crippen LogP contribution in [-0.2, 0) is 0 Å². The van der Waals surface area contributed by atoms with Crippen molar-refractivity contribution in [3.05, 3.63) is 23.3 Å². The van der Waals surface area contributed by atoms with Gasteiger partial charge in [0.15, 0.2) is 0 Å². The lowest BCUT2D eigenvalue weighted by molar-refractivity contribution is -0.343. The first-order valence-electron chi connectivity index (χ1n) is 15.0. The molecule has 0 aromatic heterocycles. The largest absolute Gasteiger partial charge is 0.438 e. The number of halogens is 6. The quantitative estimate of drug-likeness (QED) is 0.193. The standard InChI is InChI=1S/C32H48F6O3S.CH4/c1-27(2,40)16-8-20-42(5,21-9-18-30(41,31(33,34)35)32(36,37)38)29(4)19-15-26-24(11-7-17-28(26,29)3)14-13-23-10-6-12-25(39)22-23;/h13-14,25-26,39-41H,6-8,10-12,15-17,19-22H2,1-5H3;1H4/b23-13-,24-14+;/t25-,26?,28-,29?;/m0./s1. The highest BCUT2D eigenvalue weighted by atomic mass is 32.3. The minimum absolute atomic E-state index is 0. The molecule has 3 N–H and O–H groups in total. The molecule has 0 amide bonds. The number of fused-ring (bicyclic) bond motifs is 1. The molecule has 0 bridgehead atoms. The van der Waals surface area contributed by atoms with Gasteiger partial charge < -0.3 is 15.3 Å². The summed E-state index contributed by atoms with van der Waals surface area (Å²) in [4.78, 5) is 0. The summed E-state index contributed by atoms with van der Waals surface area (Å²) in [6, 6.07) is 0. The van der Waals surface area contributed by atoms with Crippen LogP contribution in [0.2, 0.25) is 0 Å². The zero-order valence-electron chi connectivity index (χ0n) is 25.5. The van der Waals surface area contributed by atoms with Crippen LogP contribution in [0.25, 0.3) is 0 Å². The van der Waals surface area contributed by atoms with Crippen molar-refractivity contribution < 1.29 is 41.7 Å². The maximum absolute atomic E-state index is 13.4. The maximum atomic E-state index is 13.4. The minimum atomic E-state index is -5.98. The van der Waals surface area contributed by atoms with Gasteiger partial charge in [0.1, 0.15) is 0 Å². The predicted octanol–water partition coefficient (Wildman–Crippen LogP) is 8.61. The summed E-state index contributed by atoms with van der Waals surface area (Å²) in [6.07, 6.45) is 2.92. The predicted molar refractivity (Wildman–Crippen MR) is 164 cm³/mol. The van der Waals surface area contributed by atoms with Crippen molar-refractivity contribution in [1.29, 1.82) is 0 Å². The van der Waals surface area contributed by atoms with E-state index in [2.05, 4.69) is 31.9 Å². The van der Waals surface area contributed by atoms with Crippen molar-refractivity contribution in [2.24, 2.45) is 11.3 Å². The lowest BCUT2D eigenvalue weighted by Crippen LogP contribution is -2.55. The fourth-order valence-electron chi connectivity index (χ4n) is 7.62. The molecular formula is C33H52F6O3S. The van der Waals surface area contributed by atoms with Gasteiger partial charge in [-0.1, -0.05) is 50.5 Å². The molecule has 3 fully saturated rings. The Morgan fingerprint density at radius 1 is 0.953 bits per heavy atom. The Bertz CT molecular complexity index is 1080. The molecule has 250 valence electrons. The summed E-state index contributed by atoms with van der Waals surface area (Å²) in [5.41, 5.74) is -3.71. The van der Waals surface area contributed by atoms with Crippen molar-refractivity contribution >= 4 is 10.0 Å². The molecule has 0 aromatic rings. The van der Waals surface area contributed by atoms with Crippen molar-refractivity contribution in [3.8, 4) is 11.8 Å². The van der Waals surface area contributed by atoms with E-state index in [9.17, 15) is 41.7 Å². The fourth-order valence-corrected chi connectivity index (χ4v) is 11.7. The molecule has 10 heteroatoms. The van der Waals surface area contributed by atoms with E-state index < -0.39 is 33.6 Å². The molecule has 3 aliphatic carbocycles. The van der Waals surface area contributed by atoms with E-state index in [0.29, 0.717) is 25.0 Å². The van der Waals surface area contributed by atoms with Crippen LogP contribution in [0.15, 0.2) is 23.3 Å². The molecule has 3 nitrogen and oxygen atoms in total. The molecule has 0 aliphatic heterocycles. The van der Waals surface area contributed by atoms with E-state index >= 15 is 0 Å². The van der Waals surface area contributed by atoms with Crippen LogP contribution < -0.4 is 0 Å². The Kier molecular flexibility index (Phi) is 11.8. The van der Waals surface area contributed by atoms with Crippen molar-refractivity contribution in [1.82, 2.24) is 0 Å². The number of allylic oxidation sites excluding steroid dienone is 3. The fraction of sp³-hybridized carbons (Fsp3) is 0.818. The lowest BCUT2D eigenvalue weighted by atomic mass is 9.63. The van der Waals surface area contributed by atoms with Gasteiger partial charge in [-0.25, -0.2) is 10.0 Å². The molecule has 3 aliphatic rings. The summed E-state index contributed by atoms with van der Waals surface area (Å²) >= 11 is 0. The number of hydrogen-bond acceptors (Lipinski definition) is 3. The molecule has 5 atom stereocenters. The molecule has 3 saturated carbocycles. The first-order valence-corrected chi connectivity index (χ1v) is 17.3. The Morgan fingerprint density at radius 2 is 1.58 bits per heavy atom. The number of alkyl halides is 6. The molecule has 0 aromatic carbocycles. The molecule has 43 heavy (non-hydrogen) atoms. The highest BCUT2D eigenvalue weighted by Crippen LogP contribution is 2.74. The van der Waals surface area contributed by atoms with Crippen LogP contribution in [0.4, 0.5) is 26.3 Å². The second kappa shape index (κ2) is 13.3. The van der Waals surface area contributed by atoms with Crippen LogP contribution in [0, 0.1) is 23.2 Å². The van der Waals surface area contributed by atoms with Gasteiger partial charge in [0, 0.05) is 10.5 Å². The number of hydrogen-bond donors (Lipinski definition) is 3. The normalized spacial score (nSPS) is 32.8. The van der Waals surface area contributed by atoms with Gasteiger partial charge in [-0.15, -0.1) is 0 Å². The van der Waals surface area contributed by atoms with Gasteiger partial charge in [0.2, 0.25) is 0 Å². The second-order valence-electron chi connectivity index (χ2n) is 14.0. The Balaban J connectivity index is 0.00000645.